The van der Waals surface area contributed by atoms with E-state index in [1.54, 1.807) is 27.7 Å². The largest absolute Gasteiger partial charge is 0.488 e. The van der Waals surface area contributed by atoms with Crippen molar-refractivity contribution in [3.63, 3.8) is 0 Å². The van der Waals surface area contributed by atoms with Gasteiger partial charge >= 0.3 is 12.1 Å². The highest BCUT2D eigenvalue weighted by Gasteiger charge is 2.25. The van der Waals surface area contributed by atoms with Crippen molar-refractivity contribution in [1.29, 1.82) is 0 Å². The smallest absolute Gasteiger partial charge is 0.408 e. The number of hydrogen-bond donors (Lipinski definition) is 1. The van der Waals surface area contributed by atoms with Gasteiger partial charge in [0.2, 0.25) is 0 Å². The molecule has 158 valence electrons. The van der Waals surface area contributed by atoms with Crippen molar-refractivity contribution in [2.45, 2.75) is 85.0 Å². The minimum absolute atomic E-state index is 0.234. The summed E-state index contributed by atoms with van der Waals surface area (Å²) in [5.74, 6) is 0.384. The van der Waals surface area contributed by atoms with Gasteiger partial charge in [0.1, 0.15) is 23.0 Å². The Morgan fingerprint density at radius 3 is 2.11 bits per heavy atom. The topological polar surface area (TPSA) is 73.9 Å². The zero-order valence-electron chi connectivity index (χ0n) is 18.3. The Kier molecular flexibility index (Phi) is 8.79. The third-order valence-corrected chi connectivity index (χ3v) is 3.57. The van der Waals surface area contributed by atoms with E-state index in [0.29, 0.717) is 6.42 Å². The number of carbonyl (C=O) groups is 2. The van der Waals surface area contributed by atoms with Crippen LogP contribution in [0.4, 0.5) is 4.79 Å². The minimum Gasteiger partial charge on any atom is -0.488 e. The quantitative estimate of drug-likeness (QED) is 0.651. The number of esters is 1. The van der Waals surface area contributed by atoms with Crippen LogP contribution in [0.3, 0.4) is 0 Å². The van der Waals surface area contributed by atoms with Crippen molar-refractivity contribution < 1.29 is 23.8 Å². The Balaban J connectivity index is 2.60. The molecule has 0 unspecified atom stereocenters. The molecule has 0 aliphatic rings. The summed E-state index contributed by atoms with van der Waals surface area (Å²) in [4.78, 5) is 24.2. The van der Waals surface area contributed by atoms with Gasteiger partial charge in [-0.05, 0) is 85.4 Å². The first-order valence-corrected chi connectivity index (χ1v) is 9.84. The zero-order chi connectivity index (χ0) is 21.4. The zero-order valence-corrected chi connectivity index (χ0v) is 18.3. The van der Waals surface area contributed by atoms with E-state index in [2.05, 4.69) is 5.32 Å². The number of rotatable bonds is 8. The molecule has 1 aromatic carbocycles. The van der Waals surface area contributed by atoms with E-state index in [1.165, 1.54) is 0 Å². The average molecular weight is 394 g/mol. The van der Waals surface area contributed by atoms with E-state index in [-0.39, 0.29) is 12.2 Å². The maximum absolute atomic E-state index is 12.2. The maximum atomic E-state index is 12.2. The van der Waals surface area contributed by atoms with Gasteiger partial charge in [0.15, 0.2) is 0 Å². The van der Waals surface area contributed by atoms with Crippen LogP contribution in [-0.4, -0.2) is 35.9 Å². The third kappa shape index (κ3) is 10.2. The van der Waals surface area contributed by atoms with Crippen molar-refractivity contribution in [2.75, 3.05) is 6.61 Å². The molecule has 0 fully saturated rings. The second-order valence-electron chi connectivity index (χ2n) is 8.70. The number of amides is 1. The lowest BCUT2D eigenvalue weighted by molar-refractivity contribution is -0.145. The Morgan fingerprint density at radius 2 is 1.61 bits per heavy atom. The van der Waals surface area contributed by atoms with Crippen LogP contribution in [0.25, 0.3) is 0 Å². The van der Waals surface area contributed by atoms with Crippen LogP contribution in [0.1, 0.15) is 66.9 Å². The monoisotopic (exact) mass is 393 g/mol. The number of ether oxygens (including phenoxy) is 3. The SMILES string of the molecule is CCOC(=O)[C@@H](CCCc1ccc(OC(C)(C)C)cc1)NC(=O)OC(C)(C)C. The van der Waals surface area contributed by atoms with Gasteiger partial charge in [-0.15, -0.1) is 0 Å². The Morgan fingerprint density at radius 1 is 1.00 bits per heavy atom. The summed E-state index contributed by atoms with van der Waals surface area (Å²) in [6.45, 7) is 13.4. The molecule has 0 radical (unpaired) electrons. The van der Waals surface area contributed by atoms with E-state index >= 15 is 0 Å². The predicted octanol–water partition coefficient (Wildman–Crippen LogP) is 4.64. The first kappa shape index (κ1) is 23.8. The fourth-order valence-corrected chi connectivity index (χ4v) is 2.53. The molecular weight excluding hydrogens is 358 g/mol. The molecular formula is C22H35NO5. The maximum Gasteiger partial charge on any atom is 0.408 e. The number of hydrogen-bond acceptors (Lipinski definition) is 5. The van der Waals surface area contributed by atoms with Crippen LogP contribution in [0.15, 0.2) is 24.3 Å². The van der Waals surface area contributed by atoms with Crippen molar-refractivity contribution in [2.24, 2.45) is 0 Å². The molecule has 0 saturated carbocycles. The molecule has 0 spiro atoms. The van der Waals surface area contributed by atoms with Gasteiger partial charge < -0.3 is 19.5 Å². The highest BCUT2D eigenvalue weighted by molar-refractivity contribution is 5.81. The van der Waals surface area contributed by atoms with E-state index in [1.807, 2.05) is 45.0 Å². The normalized spacial score (nSPS) is 12.8. The van der Waals surface area contributed by atoms with Crippen molar-refractivity contribution in [3.8, 4) is 5.75 Å². The summed E-state index contributed by atoms with van der Waals surface area (Å²) in [6, 6.07) is 7.20. The molecule has 1 atom stereocenters. The molecule has 1 aromatic rings. The first-order valence-electron chi connectivity index (χ1n) is 9.84. The number of carbonyl (C=O) groups excluding carboxylic acids is 2. The standard InChI is InChI=1S/C22H35NO5/c1-8-26-19(24)18(23-20(25)28-22(5,6)7)11-9-10-16-12-14-17(15-13-16)27-21(2,3)4/h12-15,18H,8-11H2,1-7H3,(H,23,25)/t18-/m1/s1. The second-order valence-corrected chi connectivity index (χ2v) is 8.70. The summed E-state index contributed by atoms with van der Waals surface area (Å²) in [7, 11) is 0. The van der Waals surface area contributed by atoms with E-state index in [9.17, 15) is 9.59 Å². The number of nitrogens with one attached hydrogen (secondary N) is 1. The number of benzene rings is 1. The molecule has 6 nitrogen and oxygen atoms in total. The average Bonchev–Trinajstić information content (AvgIpc) is 2.52. The highest BCUT2D eigenvalue weighted by Crippen LogP contribution is 2.19. The minimum atomic E-state index is -0.724. The van der Waals surface area contributed by atoms with E-state index in [0.717, 1.165) is 24.2 Å². The van der Waals surface area contributed by atoms with Crippen molar-refractivity contribution in [1.82, 2.24) is 5.32 Å². The summed E-state index contributed by atoms with van der Waals surface area (Å²) < 4.78 is 16.1. The molecule has 1 rings (SSSR count). The summed E-state index contributed by atoms with van der Waals surface area (Å²) in [5, 5.41) is 2.62. The lowest BCUT2D eigenvalue weighted by atomic mass is 10.0. The van der Waals surface area contributed by atoms with Gasteiger partial charge in [0, 0.05) is 0 Å². The highest BCUT2D eigenvalue weighted by atomic mass is 16.6. The molecule has 0 aliphatic carbocycles. The van der Waals surface area contributed by atoms with Gasteiger partial charge in [-0.1, -0.05) is 12.1 Å². The third-order valence-electron chi connectivity index (χ3n) is 3.57. The molecule has 28 heavy (non-hydrogen) atoms. The van der Waals surface area contributed by atoms with Crippen LogP contribution in [0, 0.1) is 0 Å². The molecule has 1 amide bonds. The number of alkyl carbamates (subject to hydrolysis) is 1. The van der Waals surface area contributed by atoms with Crippen LogP contribution in [0.5, 0.6) is 5.75 Å². The Bertz CT molecular complexity index is 626. The van der Waals surface area contributed by atoms with Gasteiger partial charge in [-0.2, -0.15) is 0 Å². The van der Waals surface area contributed by atoms with Gasteiger partial charge in [-0.3, -0.25) is 0 Å². The summed E-state index contributed by atoms with van der Waals surface area (Å²) >= 11 is 0. The Labute approximate surface area is 168 Å². The first-order chi connectivity index (χ1) is 12.9. The fraction of sp³-hybridized carbons (Fsp3) is 0.636. The lowest BCUT2D eigenvalue weighted by Gasteiger charge is -2.23. The van der Waals surface area contributed by atoms with Gasteiger partial charge in [-0.25, -0.2) is 9.59 Å². The van der Waals surface area contributed by atoms with Crippen molar-refractivity contribution in [3.05, 3.63) is 29.8 Å². The van der Waals surface area contributed by atoms with Gasteiger partial charge in [0.05, 0.1) is 6.61 Å². The molecule has 6 heteroatoms. The van der Waals surface area contributed by atoms with Crippen LogP contribution in [0.2, 0.25) is 0 Å². The summed E-state index contributed by atoms with van der Waals surface area (Å²) in [5.41, 5.74) is 0.281. The van der Waals surface area contributed by atoms with E-state index in [4.69, 9.17) is 14.2 Å². The van der Waals surface area contributed by atoms with Crippen molar-refractivity contribution >= 4 is 12.1 Å². The molecule has 0 saturated heterocycles. The fourth-order valence-electron chi connectivity index (χ4n) is 2.53. The van der Waals surface area contributed by atoms with Crippen LogP contribution >= 0.6 is 0 Å². The Hall–Kier alpha value is -2.24. The molecule has 0 bridgehead atoms. The van der Waals surface area contributed by atoms with E-state index < -0.39 is 23.7 Å². The molecule has 0 heterocycles. The molecule has 0 aliphatic heterocycles. The van der Waals surface area contributed by atoms with Crippen LogP contribution in [-0.2, 0) is 20.7 Å². The number of aryl methyl sites for hydroxylation is 1. The van der Waals surface area contributed by atoms with Crippen LogP contribution < -0.4 is 10.1 Å². The second kappa shape index (κ2) is 10.3. The molecule has 0 aromatic heterocycles. The van der Waals surface area contributed by atoms with Gasteiger partial charge in [0.25, 0.3) is 0 Å². The predicted molar refractivity (Wildman–Crippen MR) is 110 cm³/mol. The summed E-state index contributed by atoms with van der Waals surface area (Å²) in [6.07, 6.45) is 1.35. The lowest BCUT2D eigenvalue weighted by Crippen LogP contribution is -2.44. The molecule has 1 N–H and O–H groups in total.